The van der Waals surface area contributed by atoms with Gasteiger partial charge in [-0.05, 0) is 18.8 Å². The molecule has 10 atom stereocenters. The minimum atomic E-state index is -1.19. The van der Waals surface area contributed by atoms with Crippen LogP contribution in [0.1, 0.15) is 48.5 Å². The fraction of sp³-hybridized carbons (Fsp3) is 0.731. The van der Waals surface area contributed by atoms with E-state index in [2.05, 4.69) is 27.2 Å². The molecule has 2 heterocycles. The van der Waals surface area contributed by atoms with Crippen LogP contribution in [0.5, 0.6) is 0 Å². The molecule has 2 fully saturated rings. The Bertz CT molecular complexity index is 921. The summed E-state index contributed by atoms with van der Waals surface area (Å²) < 4.78 is 36.0. The molecule has 10 unspecified atom stereocenters. The summed E-state index contributed by atoms with van der Waals surface area (Å²) in [6.07, 6.45) is -3.94. The maximum Gasteiger partial charge on any atom is 0.335 e. The molecular formula is C26H39BrO12. The van der Waals surface area contributed by atoms with E-state index >= 15 is 0 Å². The zero-order valence-corrected chi connectivity index (χ0v) is 25.3. The monoisotopic (exact) mass is 622 g/mol. The molecule has 0 aromatic rings. The van der Waals surface area contributed by atoms with Gasteiger partial charge in [0.1, 0.15) is 6.10 Å². The molecule has 0 spiro atoms. The fourth-order valence-electron chi connectivity index (χ4n) is 4.10. The van der Waals surface area contributed by atoms with Crippen LogP contribution in [-0.2, 0) is 57.1 Å². The van der Waals surface area contributed by atoms with E-state index in [0.717, 1.165) is 0 Å². The van der Waals surface area contributed by atoms with Crippen molar-refractivity contribution in [2.24, 2.45) is 23.7 Å². The van der Waals surface area contributed by atoms with Crippen molar-refractivity contribution in [2.75, 3.05) is 14.2 Å². The molecular weight excluding hydrogens is 584 g/mol. The maximum atomic E-state index is 11.8. The van der Waals surface area contributed by atoms with Crippen molar-refractivity contribution in [3.05, 3.63) is 12.2 Å². The Morgan fingerprint density at radius 3 is 1.49 bits per heavy atom. The van der Waals surface area contributed by atoms with Gasteiger partial charge in [-0.25, -0.2) is 14.4 Å². The molecule has 2 aliphatic heterocycles. The maximum absolute atomic E-state index is 11.8. The Kier molecular flexibility index (Phi) is 13.6. The van der Waals surface area contributed by atoms with Crippen LogP contribution in [0.2, 0.25) is 0 Å². The third-order valence-corrected chi connectivity index (χ3v) is 7.51. The number of esters is 5. The average Bonchev–Trinajstić information content (AvgIpc) is 2.87. The number of carbonyl (C=O) groups is 5. The van der Waals surface area contributed by atoms with Gasteiger partial charge >= 0.3 is 29.8 Å². The van der Waals surface area contributed by atoms with Gasteiger partial charge in [0.2, 0.25) is 6.29 Å². The predicted octanol–water partition coefficient (Wildman–Crippen LogP) is 2.69. The van der Waals surface area contributed by atoms with Crippen LogP contribution in [0, 0.1) is 23.7 Å². The quantitative estimate of drug-likeness (QED) is 0.185. The van der Waals surface area contributed by atoms with Gasteiger partial charge in [-0.3, -0.25) is 9.59 Å². The summed E-state index contributed by atoms with van der Waals surface area (Å²) in [4.78, 5) is 57.3. The van der Waals surface area contributed by atoms with Crippen LogP contribution in [0.3, 0.4) is 0 Å². The second-order valence-corrected chi connectivity index (χ2v) is 10.6. The lowest BCUT2D eigenvalue weighted by atomic mass is 9.83. The lowest BCUT2D eigenvalue weighted by molar-refractivity contribution is -0.265. The van der Waals surface area contributed by atoms with Gasteiger partial charge in [-0.1, -0.05) is 50.2 Å². The Balaban J connectivity index is 0.000000403. The number of carbonyl (C=O) groups excluding carboxylic acids is 5. The zero-order valence-electron chi connectivity index (χ0n) is 23.8. The van der Waals surface area contributed by atoms with Crippen molar-refractivity contribution in [3.63, 3.8) is 0 Å². The van der Waals surface area contributed by atoms with Crippen LogP contribution >= 0.6 is 15.9 Å². The first-order chi connectivity index (χ1) is 18.1. The van der Waals surface area contributed by atoms with Gasteiger partial charge in [-0.2, -0.15) is 0 Å². The first kappa shape index (κ1) is 34.5. The molecule has 0 radical (unpaired) electrons. The highest BCUT2D eigenvalue weighted by molar-refractivity contribution is 9.09. The number of alkyl halides is 1. The third kappa shape index (κ3) is 9.28. The summed E-state index contributed by atoms with van der Waals surface area (Å²) >= 11 is 3.28. The lowest BCUT2D eigenvalue weighted by Crippen LogP contribution is -2.55. The molecule has 2 saturated heterocycles. The molecule has 13 heteroatoms. The number of rotatable bonds is 6. The standard InChI is InChI=1S/C15H22O7.C11H17BrO5/c1-7(2)13(17)22-15-12(20-10(5)16)9(4)8(3)11(21-15)14(18)19-6;1-5-6(2)9(11(14)15-4)17-10(12)8(5)16-7(3)13/h8-9,11-12,15H,1H2,2-6H3;5-6,8-10H,1-4H3. The van der Waals surface area contributed by atoms with Crippen molar-refractivity contribution in [1.29, 1.82) is 0 Å². The second kappa shape index (κ2) is 15.3. The topological polar surface area (TPSA) is 150 Å². The van der Waals surface area contributed by atoms with Crippen LogP contribution in [0.25, 0.3) is 0 Å². The Morgan fingerprint density at radius 1 is 0.667 bits per heavy atom. The predicted molar refractivity (Wildman–Crippen MR) is 139 cm³/mol. The number of hydrogen-bond acceptors (Lipinski definition) is 12. The van der Waals surface area contributed by atoms with Gasteiger partial charge in [0.05, 0.1) is 14.2 Å². The van der Waals surface area contributed by atoms with Crippen LogP contribution in [-0.4, -0.2) is 79.8 Å². The largest absolute Gasteiger partial charge is 0.467 e. The summed E-state index contributed by atoms with van der Waals surface area (Å²) in [5.74, 6) is -3.19. The van der Waals surface area contributed by atoms with Crippen molar-refractivity contribution in [3.8, 4) is 0 Å². The van der Waals surface area contributed by atoms with Crippen molar-refractivity contribution >= 4 is 45.8 Å². The second-order valence-electron chi connectivity index (χ2n) is 9.65. The van der Waals surface area contributed by atoms with Gasteiger partial charge < -0.3 is 33.2 Å². The zero-order chi connectivity index (χ0) is 30.2. The van der Waals surface area contributed by atoms with Crippen LogP contribution in [0.4, 0.5) is 0 Å². The van der Waals surface area contributed by atoms with Crippen molar-refractivity contribution < 1.29 is 57.1 Å². The van der Waals surface area contributed by atoms with Gasteiger partial charge in [-0.15, -0.1) is 0 Å². The highest BCUT2D eigenvalue weighted by Gasteiger charge is 2.48. The van der Waals surface area contributed by atoms with Gasteiger partial charge in [0, 0.05) is 31.3 Å². The molecule has 0 saturated carbocycles. The number of halogens is 1. The molecule has 12 nitrogen and oxygen atoms in total. The first-order valence-corrected chi connectivity index (χ1v) is 13.3. The van der Waals surface area contributed by atoms with Gasteiger partial charge in [0.15, 0.2) is 23.3 Å². The summed E-state index contributed by atoms with van der Waals surface area (Å²) in [6.45, 7) is 14.9. The van der Waals surface area contributed by atoms with E-state index in [1.807, 2.05) is 13.8 Å². The minimum Gasteiger partial charge on any atom is -0.467 e. The van der Waals surface area contributed by atoms with E-state index in [1.54, 1.807) is 13.8 Å². The normalized spacial score (nSPS) is 33.8. The molecule has 0 aromatic heterocycles. The van der Waals surface area contributed by atoms with E-state index < -0.39 is 59.6 Å². The minimum absolute atomic E-state index is 0.00104. The van der Waals surface area contributed by atoms with Gasteiger partial charge in [0.25, 0.3) is 0 Å². The summed E-state index contributed by atoms with van der Waals surface area (Å²) in [5, 5.41) is -0.498. The molecule has 222 valence electrons. The van der Waals surface area contributed by atoms with E-state index in [0.29, 0.717) is 0 Å². The Morgan fingerprint density at radius 2 is 1.08 bits per heavy atom. The third-order valence-electron chi connectivity index (χ3n) is 6.78. The Labute approximate surface area is 237 Å². The Hall–Kier alpha value is -2.51. The SMILES string of the molecule is C=C(C)C(=O)OC1OC(C(=O)OC)C(C)C(C)C1OC(C)=O.COC(=O)C1OC(Br)C(OC(C)=O)C(C)C1C. The molecule has 0 aliphatic carbocycles. The van der Waals surface area contributed by atoms with E-state index in [9.17, 15) is 24.0 Å². The van der Waals surface area contributed by atoms with Crippen molar-refractivity contribution in [1.82, 2.24) is 0 Å². The number of hydrogen-bond donors (Lipinski definition) is 0. The highest BCUT2D eigenvalue weighted by atomic mass is 79.9. The molecule has 0 bridgehead atoms. The fourth-order valence-corrected chi connectivity index (χ4v) is 4.93. The van der Waals surface area contributed by atoms with Crippen LogP contribution < -0.4 is 0 Å². The first-order valence-electron chi connectivity index (χ1n) is 12.4. The molecule has 2 aliphatic rings. The summed E-state index contributed by atoms with van der Waals surface area (Å²) in [5.41, 5.74) is 0.172. The van der Waals surface area contributed by atoms with E-state index in [-0.39, 0.29) is 35.2 Å². The number of ether oxygens (including phenoxy) is 7. The van der Waals surface area contributed by atoms with Crippen molar-refractivity contribution in [2.45, 2.75) is 84.2 Å². The molecule has 39 heavy (non-hydrogen) atoms. The molecule has 0 amide bonds. The molecule has 2 rings (SSSR count). The number of methoxy groups -OCH3 is 2. The average molecular weight is 623 g/mol. The van der Waals surface area contributed by atoms with Crippen LogP contribution in [0.15, 0.2) is 12.2 Å². The summed E-state index contributed by atoms with van der Waals surface area (Å²) in [7, 11) is 2.57. The van der Waals surface area contributed by atoms with E-state index in [1.165, 1.54) is 35.0 Å². The molecule has 0 aromatic carbocycles. The highest BCUT2D eigenvalue weighted by Crippen LogP contribution is 2.36. The summed E-state index contributed by atoms with van der Waals surface area (Å²) in [6, 6.07) is 0. The smallest absolute Gasteiger partial charge is 0.335 e. The van der Waals surface area contributed by atoms with E-state index in [4.69, 9.17) is 28.4 Å². The molecule has 0 N–H and O–H groups in total. The lowest BCUT2D eigenvalue weighted by Gasteiger charge is -2.41.